The van der Waals surface area contributed by atoms with Crippen LogP contribution in [0.4, 0.5) is 4.39 Å². The van der Waals surface area contributed by atoms with Crippen LogP contribution in [0.5, 0.6) is 0 Å². The second-order valence-corrected chi connectivity index (χ2v) is 5.11. The summed E-state index contributed by atoms with van der Waals surface area (Å²) in [5, 5.41) is 3.95. The van der Waals surface area contributed by atoms with Gasteiger partial charge in [0.1, 0.15) is 6.17 Å². The molecule has 1 aliphatic rings. The van der Waals surface area contributed by atoms with Crippen molar-refractivity contribution in [1.82, 2.24) is 10.1 Å². The van der Waals surface area contributed by atoms with Gasteiger partial charge in [0.05, 0.1) is 12.7 Å². The highest BCUT2D eigenvalue weighted by molar-refractivity contribution is 5.89. The van der Waals surface area contributed by atoms with Crippen molar-refractivity contribution >= 4 is 11.5 Å². The van der Waals surface area contributed by atoms with Crippen LogP contribution in [-0.2, 0) is 4.74 Å². The molecule has 1 heterocycles. The van der Waals surface area contributed by atoms with Crippen molar-refractivity contribution in [2.45, 2.75) is 32.9 Å². The number of hydrogen-bond acceptors (Lipinski definition) is 5. The molecule has 0 aliphatic heterocycles. The number of hydrogen-bond donors (Lipinski definition) is 0. The Hall–Kier alpha value is -2.76. The smallest absolute Gasteiger partial charge is 0.337 e. The first kappa shape index (κ1) is 18.6. The van der Waals surface area contributed by atoms with Crippen LogP contribution in [0, 0.1) is 0 Å². The Labute approximate surface area is 146 Å². The molecule has 1 aromatic carbocycles. The van der Waals surface area contributed by atoms with Gasteiger partial charge in [-0.2, -0.15) is 4.98 Å². The van der Waals surface area contributed by atoms with E-state index in [-0.39, 0.29) is 0 Å². The Bertz CT molecular complexity index is 763. The van der Waals surface area contributed by atoms with E-state index in [1.54, 1.807) is 36.4 Å². The normalized spacial score (nSPS) is 16.3. The van der Waals surface area contributed by atoms with Crippen LogP contribution >= 0.6 is 0 Å². The molecule has 0 amide bonds. The summed E-state index contributed by atoms with van der Waals surface area (Å²) in [7, 11) is 1.33. The molecule has 1 aromatic heterocycles. The van der Waals surface area contributed by atoms with Gasteiger partial charge in [0.25, 0.3) is 5.89 Å². The van der Waals surface area contributed by atoms with Crippen LogP contribution in [-0.4, -0.2) is 29.4 Å². The summed E-state index contributed by atoms with van der Waals surface area (Å²) in [6, 6.07) is 6.68. The topological polar surface area (TPSA) is 65.2 Å². The lowest BCUT2D eigenvalue weighted by atomic mass is 10.1. The third-order valence-electron chi connectivity index (χ3n) is 3.54. The zero-order valence-electron chi connectivity index (χ0n) is 14.5. The number of ether oxygens (including phenoxy) is 1. The fourth-order valence-corrected chi connectivity index (χ4v) is 2.28. The van der Waals surface area contributed by atoms with Gasteiger partial charge in [-0.15, -0.1) is 0 Å². The molecule has 3 rings (SSSR count). The monoisotopic (exact) mass is 344 g/mol. The molecule has 0 spiro atoms. The molecule has 0 radical (unpaired) electrons. The highest BCUT2D eigenvalue weighted by Crippen LogP contribution is 2.25. The van der Waals surface area contributed by atoms with Gasteiger partial charge in [-0.3, -0.25) is 0 Å². The number of halogens is 1. The number of nitrogens with zero attached hydrogens (tertiary/aromatic N) is 2. The number of carbonyl (C=O) groups excluding carboxylic acids is 1. The summed E-state index contributed by atoms with van der Waals surface area (Å²) in [4.78, 5) is 15.8. The summed E-state index contributed by atoms with van der Waals surface area (Å²) in [5.41, 5.74) is 1.98. The first-order valence-corrected chi connectivity index (χ1v) is 8.20. The Balaban J connectivity index is 0.00000109. The molecule has 0 saturated heterocycles. The SMILES string of the molecule is CC.COC(=O)c1ccc(-c2nc(C3=CCC(F)C=CC3)no2)cc1. The van der Waals surface area contributed by atoms with Gasteiger partial charge >= 0.3 is 5.97 Å². The minimum absolute atomic E-state index is 0.309. The van der Waals surface area contributed by atoms with E-state index in [1.165, 1.54) is 13.2 Å². The Kier molecular flexibility index (Phi) is 6.62. The Morgan fingerprint density at radius 1 is 1.28 bits per heavy atom. The van der Waals surface area contributed by atoms with Crippen LogP contribution in [0.25, 0.3) is 17.0 Å². The molecule has 2 aromatic rings. The first-order valence-electron chi connectivity index (χ1n) is 8.20. The fourth-order valence-electron chi connectivity index (χ4n) is 2.28. The standard InChI is InChI=1S/C17H15FN2O3.C2H6/c1-22-17(21)13-7-5-12(6-8-13)16-19-15(20-23-16)11-3-2-4-14(18)10-9-11;1-2/h2,4-9,14H,3,10H2,1H3;1-2H3. The summed E-state index contributed by atoms with van der Waals surface area (Å²) in [5.74, 6) is 0.400. The molecule has 0 saturated carbocycles. The highest BCUT2D eigenvalue weighted by atomic mass is 19.1. The molecule has 1 aliphatic carbocycles. The maximum atomic E-state index is 13.3. The molecule has 6 heteroatoms. The molecule has 132 valence electrons. The minimum Gasteiger partial charge on any atom is -0.465 e. The molecular weight excluding hydrogens is 323 g/mol. The Morgan fingerprint density at radius 3 is 2.68 bits per heavy atom. The summed E-state index contributed by atoms with van der Waals surface area (Å²) in [6.45, 7) is 4.00. The first-order chi connectivity index (χ1) is 12.2. The number of methoxy groups -OCH3 is 1. The minimum atomic E-state index is -0.968. The van der Waals surface area contributed by atoms with Crippen LogP contribution in [0.15, 0.2) is 47.0 Å². The predicted octanol–water partition coefficient (Wildman–Crippen LogP) is 4.62. The third-order valence-corrected chi connectivity index (χ3v) is 3.54. The van der Waals surface area contributed by atoms with Gasteiger partial charge in [-0.25, -0.2) is 9.18 Å². The average molecular weight is 344 g/mol. The number of rotatable bonds is 3. The molecule has 0 N–H and O–H groups in total. The third kappa shape index (κ3) is 4.62. The maximum absolute atomic E-state index is 13.3. The van der Waals surface area contributed by atoms with Gasteiger partial charge in [0.2, 0.25) is 0 Å². The summed E-state index contributed by atoms with van der Waals surface area (Å²) >= 11 is 0. The van der Waals surface area contributed by atoms with E-state index >= 15 is 0 Å². The van der Waals surface area contributed by atoms with Crippen molar-refractivity contribution < 1.29 is 18.4 Å². The van der Waals surface area contributed by atoms with Gasteiger partial charge in [-0.1, -0.05) is 37.2 Å². The van der Waals surface area contributed by atoms with Crippen molar-refractivity contribution in [3.8, 4) is 11.5 Å². The van der Waals surface area contributed by atoms with E-state index in [1.807, 2.05) is 13.8 Å². The lowest BCUT2D eigenvalue weighted by Crippen LogP contribution is -2.00. The molecule has 0 fully saturated rings. The van der Waals surface area contributed by atoms with Crippen molar-refractivity contribution in [3.05, 3.63) is 53.9 Å². The van der Waals surface area contributed by atoms with E-state index in [2.05, 4.69) is 14.9 Å². The zero-order valence-corrected chi connectivity index (χ0v) is 14.5. The van der Waals surface area contributed by atoms with Crippen molar-refractivity contribution in [3.63, 3.8) is 0 Å². The fraction of sp³-hybridized carbons (Fsp3) is 0.316. The van der Waals surface area contributed by atoms with E-state index in [0.717, 1.165) is 5.57 Å². The number of alkyl halides is 1. The molecule has 5 nitrogen and oxygen atoms in total. The summed E-state index contributed by atoms with van der Waals surface area (Å²) in [6.07, 6.45) is 5.01. The average Bonchev–Trinajstić information content (AvgIpc) is 3.05. The van der Waals surface area contributed by atoms with Crippen molar-refractivity contribution in [2.75, 3.05) is 7.11 Å². The van der Waals surface area contributed by atoms with Gasteiger partial charge < -0.3 is 9.26 Å². The van der Waals surface area contributed by atoms with Crippen LogP contribution in [0.3, 0.4) is 0 Å². The second kappa shape index (κ2) is 8.92. The van der Waals surface area contributed by atoms with Crippen molar-refractivity contribution in [2.24, 2.45) is 0 Å². The van der Waals surface area contributed by atoms with E-state index in [4.69, 9.17) is 4.52 Å². The molecule has 0 bridgehead atoms. The lowest BCUT2D eigenvalue weighted by molar-refractivity contribution is 0.0600. The zero-order chi connectivity index (χ0) is 18.2. The van der Waals surface area contributed by atoms with E-state index in [0.29, 0.717) is 35.7 Å². The number of aromatic nitrogens is 2. The second-order valence-electron chi connectivity index (χ2n) is 5.11. The molecule has 25 heavy (non-hydrogen) atoms. The van der Waals surface area contributed by atoms with Crippen molar-refractivity contribution in [1.29, 1.82) is 0 Å². The van der Waals surface area contributed by atoms with Crippen LogP contribution in [0.1, 0.15) is 42.9 Å². The van der Waals surface area contributed by atoms with Crippen LogP contribution < -0.4 is 0 Å². The molecular formula is C19H21FN2O3. The molecule has 1 atom stereocenters. The number of allylic oxidation sites excluding steroid dienone is 4. The quantitative estimate of drug-likeness (QED) is 0.600. The predicted molar refractivity (Wildman–Crippen MR) is 93.7 cm³/mol. The summed E-state index contributed by atoms with van der Waals surface area (Å²) < 4.78 is 23.2. The van der Waals surface area contributed by atoms with Crippen LogP contribution in [0.2, 0.25) is 0 Å². The van der Waals surface area contributed by atoms with Gasteiger partial charge in [0, 0.05) is 17.6 Å². The number of esters is 1. The maximum Gasteiger partial charge on any atom is 0.337 e. The highest BCUT2D eigenvalue weighted by Gasteiger charge is 2.15. The van der Waals surface area contributed by atoms with Gasteiger partial charge in [0.15, 0.2) is 5.82 Å². The van der Waals surface area contributed by atoms with Gasteiger partial charge in [-0.05, 0) is 30.7 Å². The Morgan fingerprint density at radius 2 is 2.00 bits per heavy atom. The van der Waals surface area contributed by atoms with E-state index in [9.17, 15) is 9.18 Å². The molecule has 1 unspecified atom stereocenters. The largest absolute Gasteiger partial charge is 0.465 e. The number of benzene rings is 1. The number of carbonyl (C=O) groups is 1. The van der Waals surface area contributed by atoms with E-state index < -0.39 is 12.1 Å². The lowest BCUT2D eigenvalue weighted by Gasteiger charge is -1.99.